The molecule has 1 aromatic carbocycles. The van der Waals surface area contributed by atoms with Gasteiger partial charge in [-0.25, -0.2) is 0 Å². The largest absolute Gasteiger partial charge is 0.486 e. The summed E-state index contributed by atoms with van der Waals surface area (Å²) in [7, 11) is -0.310. The fraction of sp³-hybridized carbons (Fsp3) is 0.409. The van der Waals surface area contributed by atoms with E-state index in [0.717, 1.165) is 10.8 Å². The average molecular weight is 446 g/mol. The molecule has 8 nitrogen and oxygen atoms in total. The second-order valence-electron chi connectivity index (χ2n) is 8.08. The minimum Gasteiger partial charge on any atom is -0.486 e. The zero-order valence-electron chi connectivity index (χ0n) is 17.7. The second-order valence-corrected chi connectivity index (χ2v) is 10.2. The van der Waals surface area contributed by atoms with Crippen LogP contribution >= 0.6 is 0 Å². The van der Waals surface area contributed by atoms with E-state index >= 15 is 0 Å². The highest BCUT2D eigenvalue weighted by atomic mass is 32.2. The first kappa shape index (κ1) is 21.6. The van der Waals surface area contributed by atoms with Crippen molar-refractivity contribution in [3.63, 3.8) is 0 Å². The fourth-order valence-corrected chi connectivity index (χ4v) is 4.92. The molecule has 9 heteroatoms. The van der Waals surface area contributed by atoms with Crippen molar-refractivity contribution in [2.45, 2.75) is 19.4 Å². The van der Waals surface area contributed by atoms with Gasteiger partial charge in [-0.3, -0.25) is 4.79 Å². The van der Waals surface area contributed by atoms with E-state index in [1.807, 2.05) is 41.2 Å². The maximum atomic E-state index is 12.4. The Kier molecular flexibility index (Phi) is 6.17. The third-order valence-electron chi connectivity index (χ3n) is 5.63. The van der Waals surface area contributed by atoms with Gasteiger partial charge < -0.3 is 13.7 Å². The molecule has 0 aliphatic carbocycles. The van der Waals surface area contributed by atoms with Gasteiger partial charge in [0, 0.05) is 45.6 Å². The Morgan fingerprint density at radius 3 is 2.35 bits per heavy atom. The first-order valence-corrected chi connectivity index (χ1v) is 11.7. The summed E-state index contributed by atoms with van der Waals surface area (Å²) in [5.41, 5.74) is -0.217. The molecule has 3 aromatic rings. The van der Waals surface area contributed by atoms with Crippen molar-refractivity contribution in [3.05, 3.63) is 65.0 Å². The second kappa shape index (κ2) is 8.86. The van der Waals surface area contributed by atoms with E-state index in [0.29, 0.717) is 44.8 Å². The third kappa shape index (κ3) is 4.84. The van der Waals surface area contributed by atoms with E-state index in [-0.39, 0.29) is 17.1 Å². The molecule has 0 radical (unpaired) electrons. The number of fused-ring (bicyclic) bond motifs is 1. The van der Waals surface area contributed by atoms with Gasteiger partial charge in [0.25, 0.3) is 10.2 Å². The quantitative estimate of drug-likeness (QED) is 0.558. The predicted octanol–water partition coefficient (Wildman–Crippen LogP) is 2.54. The summed E-state index contributed by atoms with van der Waals surface area (Å²) in [5.74, 6) is 0.935. The van der Waals surface area contributed by atoms with E-state index < -0.39 is 10.2 Å². The monoisotopic (exact) mass is 445 g/mol. The molecule has 0 spiro atoms. The molecule has 0 N–H and O–H groups in total. The van der Waals surface area contributed by atoms with E-state index in [1.165, 1.54) is 35.0 Å². The maximum Gasteiger partial charge on any atom is 0.281 e. The molecular weight excluding hydrogens is 418 g/mol. The molecule has 166 valence electrons. The summed E-state index contributed by atoms with van der Waals surface area (Å²) in [6.07, 6.45) is 6.78. The smallest absolute Gasteiger partial charge is 0.281 e. The number of benzene rings is 1. The lowest BCUT2D eigenvalue weighted by Crippen LogP contribution is -2.45. The highest BCUT2D eigenvalue weighted by Gasteiger charge is 2.29. The predicted molar refractivity (Wildman–Crippen MR) is 118 cm³/mol. The van der Waals surface area contributed by atoms with Crippen molar-refractivity contribution in [2.24, 2.45) is 5.92 Å². The Morgan fingerprint density at radius 2 is 1.77 bits per heavy atom. The highest BCUT2D eigenvalue weighted by molar-refractivity contribution is 7.86. The molecule has 0 unspecified atom stereocenters. The van der Waals surface area contributed by atoms with Gasteiger partial charge in [-0.15, -0.1) is 0 Å². The van der Waals surface area contributed by atoms with Gasteiger partial charge in [-0.1, -0.05) is 24.3 Å². The molecule has 2 aromatic heterocycles. The average Bonchev–Trinajstić information content (AvgIpc) is 3.15. The minimum absolute atomic E-state index is 0.185. The molecule has 1 aliphatic rings. The van der Waals surface area contributed by atoms with Crippen molar-refractivity contribution >= 4 is 21.0 Å². The number of piperidine rings is 1. The summed E-state index contributed by atoms with van der Waals surface area (Å²) in [6.45, 7) is 1.73. The van der Waals surface area contributed by atoms with E-state index in [4.69, 9.17) is 9.15 Å². The molecular formula is C22H27N3O5S. The van der Waals surface area contributed by atoms with Gasteiger partial charge in [-0.05, 0) is 29.5 Å². The lowest BCUT2D eigenvalue weighted by atomic mass is 9.99. The third-order valence-corrected chi connectivity index (χ3v) is 7.57. The van der Waals surface area contributed by atoms with Crippen LogP contribution in [0.25, 0.3) is 10.8 Å². The summed E-state index contributed by atoms with van der Waals surface area (Å²) < 4.78 is 40.4. The zero-order valence-corrected chi connectivity index (χ0v) is 18.5. The van der Waals surface area contributed by atoms with Crippen LogP contribution in [0.2, 0.25) is 0 Å². The topological polar surface area (TPSA) is 85.0 Å². The molecule has 1 fully saturated rings. The van der Waals surface area contributed by atoms with E-state index in [2.05, 4.69) is 0 Å². The van der Waals surface area contributed by atoms with Crippen LogP contribution in [0.1, 0.15) is 18.6 Å². The molecule has 0 atom stereocenters. The minimum atomic E-state index is -3.38. The zero-order chi connectivity index (χ0) is 22.0. The number of hydrogen-bond acceptors (Lipinski definition) is 5. The molecule has 1 saturated heterocycles. The van der Waals surface area contributed by atoms with Crippen LogP contribution in [0.15, 0.2) is 58.2 Å². The van der Waals surface area contributed by atoms with Gasteiger partial charge in [0.1, 0.15) is 12.0 Å². The molecule has 1 aliphatic heterocycles. The Labute approximate surface area is 181 Å². The lowest BCUT2D eigenvalue weighted by Gasteiger charge is -2.32. The molecule has 0 saturated carbocycles. The maximum absolute atomic E-state index is 12.4. The van der Waals surface area contributed by atoms with Gasteiger partial charge in [0.2, 0.25) is 11.2 Å². The fourth-order valence-electron chi connectivity index (χ4n) is 3.78. The van der Waals surface area contributed by atoms with Gasteiger partial charge >= 0.3 is 0 Å². The number of nitrogens with zero attached hydrogens (tertiary/aromatic N) is 3. The highest BCUT2D eigenvalue weighted by Crippen LogP contribution is 2.22. The van der Waals surface area contributed by atoms with Crippen LogP contribution in [-0.2, 0) is 16.8 Å². The Hall–Kier alpha value is -2.62. The van der Waals surface area contributed by atoms with Crippen molar-refractivity contribution in [2.75, 3.05) is 33.8 Å². The normalized spacial score (nSPS) is 16.2. The Balaban J connectivity index is 1.32. The number of aromatic nitrogens is 1. The van der Waals surface area contributed by atoms with Crippen LogP contribution in [-0.4, -0.2) is 55.4 Å². The Bertz CT molecular complexity index is 1170. The number of ether oxygens (including phenoxy) is 1. The van der Waals surface area contributed by atoms with E-state index in [1.54, 1.807) is 0 Å². The van der Waals surface area contributed by atoms with Crippen LogP contribution in [0.3, 0.4) is 0 Å². The molecule has 3 heterocycles. The molecule has 4 rings (SSSR count). The lowest BCUT2D eigenvalue weighted by molar-refractivity contribution is 0.178. The Morgan fingerprint density at radius 1 is 1.13 bits per heavy atom. The molecule has 31 heavy (non-hydrogen) atoms. The van der Waals surface area contributed by atoms with Crippen molar-refractivity contribution in [3.8, 4) is 5.75 Å². The summed E-state index contributed by atoms with van der Waals surface area (Å²) in [4.78, 5) is 12.4. The number of rotatable bonds is 7. The summed E-state index contributed by atoms with van der Waals surface area (Å²) in [5, 5.41) is 2.27. The van der Waals surface area contributed by atoms with Crippen LogP contribution in [0, 0.1) is 5.92 Å². The molecule has 0 amide bonds. The summed E-state index contributed by atoms with van der Waals surface area (Å²) >= 11 is 0. The van der Waals surface area contributed by atoms with Crippen LogP contribution in [0.4, 0.5) is 0 Å². The first-order chi connectivity index (χ1) is 14.8. The van der Waals surface area contributed by atoms with E-state index in [9.17, 15) is 13.2 Å². The summed E-state index contributed by atoms with van der Waals surface area (Å²) in [6, 6.07) is 9.53. The van der Waals surface area contributed by atoms with Crippen molar-refractivity contribution in [1.29, 1.82) is 0 Å². The van der Waals surface area contributed by atoms with Crippen LogP contribution < -0.4 is 10.2 Å². The first-order valence-electron chi connectivity index (χ1n) is 10.3. The van der Waals surface area contributed by atoms with Crippen molar-refractivity contribution < 1.29 is 17.6 Å². The SMILES string of the molecule is CN(C)S(=O)(=O)N1CCC(COc2coc(Cn3cc4ccccc4c3)cc2=O)CC1. The van der Waals surface area contributed by atoms with Gasteiger partial charge in [-0.2, -0.15) is 17.0 Å². The van der Waals surface area contributed by atoms with Gasteiger partial charge in [0.15, 0.2) is 0 Å². The number of hydrogen-bond donors (Lipinski definition) is 0. The van der Waals surface area contributed by atoms with Crippen LogP contribution in [0.5, 0.6) is 5.75 Å². The van der Waals surface area contributed by atoms with Gasteiger partial charge in [0.05, 0.1) is 13.2 Å². The molecule has 0 bridgehead atoms. The van der Waals surface area contributed by atoms with Crippen molar-refractivity contribution in [1.82, 2.24) is 13.2 Å². The standard InChI is InChI=1S/C22H27N3O5S/c1-23(2)31(27,28)25-9-7-17(8-10-25)15-30-22-16-29-20(11-21(22)26)14-24-12-18-5-3-4-6-19(18)13-24/h3-6,11-13,16-17H,7-10,14-15H2,1-2H3.